The summed E-state index contributed by atoms with van der Waals surface area (Å²) >= 11 is 0. The van der Waals surface area contributed by atoms with Crippen molar-refractivity contribution in [2.45, 2.75) is 65.2 Å². The fourth-order valence-corrected chi connectivity index (χ4v) is 3.18. The minimum atomic E-state index is -0.680. The average Bonchev–Trinajstić information content (AvgIpc) is 3.08. The Kier molecular flexibility index (Phi) is 3.95. The molecule has 1 N–H and O–H groups in total. The van der Waals surface area contributed by atoms with E-state index in [0.717, 1.165) is 0 Å². The van der Waals surface area contributed by atoms with Crippen molar-refractivity contribution in [3.8, 4) is 0 Å². The molecule has 0 aromatic heterocycles. The first-order valence-corrected chi connectivity index (χ1v) is 7.53. The summed E-state index contributed by atoms with van der Waals surface area (Å²) in [6, 6.07) is 4.50. The Labute approximate surface area is 122 Å². The fraction of sp³-hybridized carbons (Fsp3) is 0.611. The number of carboxylic acids is 1. The lowest BCUT2D eigenvalue weighted by molar-refractivity contribution is -0.137. The summed E-state index contributed by atoms with van der Waals surface area (Å²) in [5.74, 6) is 0.0890. The second kappa shape index (κ2) is 5.23. The van der Waals surface area contributed by atoms with Crippen LogP contribution in [0.3, 0.4) is 0 Å². The van der Waals surface area contributed by atoms with Crippen molar-refractivity contribution in [1.29, 1.82) is 0 Å². The summed E-state index contributed by atoms with van der Waals surface area (Å²) in [6.45, 7) is 10.9. The molecule has 0 saturated heterocycles. The van der Waals surface area contributed by atoms with Gasteiger partial charge in [-0.25, -0.2) is 0 Å². The molecule has 0 aliphatic heterocycles. The van der Waals surface area contributed by atoms with E-state index in [1.165, 1.54) is 35.1 Å². The first-order valence-electron chi connectivity index (χ1n) is 7.53. The van der Waals surface area contributed by atoms with E-state index >= 15 is 0 Å². The largest absolute Gasteiger partial charge is 0.481 e. The summed E-state index contributed by atoms with van der Waals surface area (Å²) in [6.07, 6.45) is 2.62. The third-order valence-corrected chi connectivity index (χ3v) is 4.42. The van der Waals surface area contributed by atoms with Gasteiger partial charge in [0.2, 0.25) is 0 Å². The number of hydrogen-bond acceptors (Lipinski definition) is 1. The zero-order chi connectivity index (χ0) is 15.1. The highest BCUT2D eigenvalue weighted by Gasteiger charge is 2.35. The Morgan fingerprint density at radius 2 is 1.75 bits per heavy atom. The average molecular weight is 274 g/mol. The maximum absolute atomic E-state index is 11.2. The molecule has 1 aromatic rings. The lowest BCUT2D eigenvalue weighted by Gasteiger charge is -2.25. The van der Waals surface area contributed by atoms with Gasteiger partial charge in [0.1, 0.15) is 0 Å². The molecule has 2 rings (SSSR count). The normalized spacial score (nSPS) is 17.1. The molecule has 1 aromatic carbocycles. The Hall–Kier alpha value is -1.31. The van der Waals surface area contributed by atoms with Gasteiger partial charge in [0.05, 0.1) is 6.42 Å². The molecular weight excluding hydrogens is 248 g/mol. The Morgan fingerprint density at radius 1 is 1.25 bits per heavy atom. The van der Waals surface area contributed by atoms with Gasteiger partial charge in [-0.3, -0.25) is 4.79 Å². The number of hydrogen-bond donors (Lipinski definition) is 1. The standard InChI is InChI=1S/C18H26O2/c1-11-8-14(18(3,4)5)9-12(2)17(11)15(10-16(19)20)13-6-7-13/h8-9,13,15H,6-7,10H2,1-5H3,(H,19,20). The first kappa shape index (κ1) is 15.1. The number of carboxylic acid groups (broad SMARTS) is 1. The molecule has 1 saturated carbocycles. The first-order chi connectivity index (χ1) is 9.20. The van der Waals surface area contributed by atoms with E-state index in [4.69, 9.17) is 0 Å². The third kappa shape index (κ3) is 3.23. The van der Waals surface area contributed by atoms with Crippen LogP contribution in [0.4, 0.5) is 0 Å². The van der Waals surface area contributed by atoms with Crippen molar-refractivity contribution >= 4 is 5.97 Å². The number of carbonyl (C=O) groups is 1. The molecule has 0 radical (unpaired) electrons. The molecule has 1 unspecified atom stereocenters. The number of aryl methyl sites for hydroxylation is 2. The van der Waals surface area contributed by atoms with Gasteiger partial charge in [0.15, 0.2) is 0 Å². The molecule has 1 aliphatic carbocycles. The van der Waals surface area contributed by atoms with E-state index in [9.17, 15) is 9.90 Å². The van der Waals surface area contributed by atoms with Crippen LogP contribution in [-0.4, -0.2) is 11.1 Å². The zero-order valence-corrected chi connectivity index (χ0v) is 13.3. The van der Waals surface area contributed by atoms with Crippen molar-refractivity contribution in [3.05, 3.63) is 34.4 Å². The van der Waals surface area contributed by atoms with Gasteiger partial charge >= 0.3 is 5.97 Å². The fourth-order valence-electron chi connectivity index (χ4n) is 3.18. The zero-order valence-electron chi connectivity index (χ0n) is 13.3. The summed E-state index contributed by atoms with van der Waals surface area (Å²) in [7, 11) is 0. The van der Waals surface area contributed by atoms with Crippen LogP contribution < -0.4 is 0 Å². The highest BCUT2D eigenvalue weighted by atomic mass is 16.4. The molecule has 0 amide bonds. The predicted octanol–water partition coefficient (Wildman–Crippen LogP) is 4.57. The van der Waals surface area contributed by atoms with Crippen LogP contribution in [0, 0.1) is 19.8 Å². The molecule has 1 fully saturated rings. The van der Waals surface area contributed by atoms with Gasteiger partial charge in [0, 0.05) is 0 Å². The monoisotopic (exact) mass is 274 g/mol. The van der Waals surface area contributed by atoms with Gasteiger partial charge in [-0.1, -0.05) is 32.9 Å². The molecule has 20 heavy (non-hydrogen) atoms. The van der Waals surface area contributed by atoms with Crippen LogP contribution >= 0.6 is 0 Å². The second-order valence-electron chi connectivity index (χ2n) is 7.32. The SMILES string of the molecule is Cc1cc(C(C)(C)C)cc(C)c1C(CC(=O)O)C1CC1. The number of benzene rings is 1. The second-order valence-corrected chi connectivity index (χ2v) is 7.32. The minimum Gasteiger partial charge on any atom is -0.481 e. The highest BCUT2D eigenvalue weighted by molar-refractivity contribution is 5.68. The molecule has 0 heterocycles. The quantitative estimate of drug-likeness (QED) is 0.873. The van der Waals surface area contributed by atoms with Crippen molar-refractivity contribution < 1.29 is 9.90 Å². The van der Waals surface area contributed by atoms with E-state index in [2.05, 4.69) is 46.8 Å². The maximum atomic E-state index is 11.2. The smallest absolute Gasteiger partial charge is 0.303 e. The summed E-state index contributed by atoms with van der Waals surface area (Å²) < 4.78 is 0. The third-order valence-electron chi connectivity index (χ3n) is 4.42. The van der Waals surface area contributed by atoms with Crippen LogP contribution in [-0.2, 0) is 10.2 Å². The van der Waals surface area contributed by atoms with Gasteiger partial charge < -0.3 is 5.11 Å². The lowest BCUT2D eigenvalue weighted by Crippen LogP contribution is -2.15. The molecule has 0 spiro atoms. The van der Waals surface area contributed by atoms with Crippen molar-refractivity contribution in [2.75, 3.05) is 0 Å². The van der Waals surface area contributed by atoms with Crippen molar-refractivity contribution in [3.63, 3.8) is 0 Å². The molecular formula is C18H26O2. The molecule has 1 aliphatic rings. The lowest BCUT2D eigenvalue weighted by atomic mass is 9.79. The van der Waals surface area contributed by atoms with Crippen LogP contribution in [0.25, 0.3) is 0 Å². The van der Waals surface area contributed by atoms with Crippen LogP contribution in [0.15, 0.2) is 12.1 Å². The van der Waals surface area contributed by atoms with Gasteiger partial charge in [-0.15, -0.1) is 0 Å². The summed E-state index contributed by atoms with van der Waals surface area (Å²) in [5.41, 5.74) is 5.26. The predicted molar refractivity (Wildman–Crippen MR) is 82.3 cm³/mol. The van der Waals surface area contributed by atoms with Gasteiger partial charge in [0.25, 0.3) is 0 Å². The van der Waals surface area contributed by atoms with E-state index < -0.39 is 5.97 Å². The molecule has 2 nitrogen and oxygen atoms in total. The van der Waals surface area contributed by atoms with Crippen molar-refractivity contribution in [1.82, 2.24) is 0 Å². The number of aliphatic carboxylic acids is 1. The van der Waals surface area contributed by atoms with Crippen molar-refractivity contribution in [2.24, 2.45) is 5.92 Å². The highest BCUT2D eigenvalue weighted by Crippen LogP contribution is 2.46. The number of rotatable bonds is 4. The molecule has 110 valence electrons. The van der Waals surface area contributed by atoms with Gasteiger partial charge in [-0.2, -0.15) is 0 Å². The topological polar surface area (TPSA) is 37.3 Å². The molecule has 2 heteroatoms. The summed E-state index contributed by atoms with van der Waals surface area (Å²) in [5, 5.41) is 9.19. The Balaban J connectivity index is 2.42. The van der Waals surface area contributed by atoms with Crippen LogP contribution in [0.2, 0.25) is 0 Å². The van der Waals surface area contributed by atoms with E-state index in [0.29, 0.717) is 5.92 Å². The van der Waals surface area contributed by atoms with Crippen LogP contribution in [0.1, 0.15) is 68.2 Å². The minimum absolute atomic E-state index is 0.135. The van der Waals surface area contributed by atoms with E-state index in [-0.39, 0.29) is 17.8 Å². The maximum Gasteiger partial charge on any atom is 0.303 e. The summed E-state index contributed by atoms with van der Waals surface area (Å²) in [4.78, 5) is 11.2. The van der Waals surface area contributed by atoms with Crippen LogP contribution in [0.5, 0.6) is 0 Å². The van der Waals surface area contributed by atoms with E-state index in [1.54, 1.807) is 0 Å². The Morgan fingerprint density at radius 3 is 2.10 bits per heavy atom. The molecule has 0 bridgehead atoms. The van der Waals surface area contributed by atoms with Gasteiger partial charge in [-0.05, 0) is 66.2 Å². The Bertz CT molecular complexity index is 496. The molecule has 1 atom stereocenters. The van der Waals surface area contributed by atoms with E-state index in [1.807, 2.05) is 0 Å².